The summed E-state index contributed by atoms with van der Waals surface area (Å²) >= 11 is 0. The number of aromatic nitrogens is 1. The lowest BCUT2D eigenvalue weighted by molar-refractivity contribution is -0.0747. The van der Waals surface area contributed by atoms with E-state index in [0.717, 1.165) is 35.8 Å². The van der Waals surface area contributed by atoms with E-state index < -0.39 is 0 Å². The molecule has 5 rings (SSSR count). The molecule has 1 aromatic rings. The van der Waals surface area contributed by atoms with Crippen molar-refractivity contribution in [3.8, 4) is 5.75 Å². The highest BCUT2D eigenvalue weighted by Gasteiger charge is 2.51. The zero-order valence-corrected chi connectivity index (χ0v) is 12.1. The fourth-order valence-corrected chi connectivity index (χ4v) is 5.41. The fraction of sp³-hybridized carbons (Fsp3) is 0.706. The van der Waals surface area contributed by atoms with Gasteiger partial charge in [0, 0.05) is 18.2 Å². The van der Waals surface area contributed by atoms with Crippen LogP contribution >= 0.6 is 0 Å². The monoisotopic (exact) mass is 272 g/mol. The smallest absolute Gasteiger partial charge is 0.142 e. The largest absolute Gasteiger partial charge is 0.491 e. The van der Waals surface area contributed by atoms with Crippen LogP contribution in [0, 0.1) is 23.2 Å². The van der Waals surface area contributed by atoms with Crippen LogP contribution in [0.2, 0.25) is 0 Å². The summed E-state index contributed by atoms with van der Waals surface area (Å²) in [5.41, 5.74) is 7.09. The molecule has 4 bridgehead atoms. The van der Waals surface area contributed by atoms with Crippen LogP contribution in [0.25, 0.3) is 0 Å². The summed E-state index contributed by atoms with van der Waals surface area (Å²) in [6.45, 7) is 1.33. The second kappa shape index (κ2) is 4.73. The van der Waals surface area contributed by atoms with Gasteiger partial charge in [0.1, 0.15) is 5.75 Å². The molecule has 0 atom stereocenters. The summed E-state index contributed by atoms with van der Waals surface area (Å²) in [7, 11) is 0. The van der Waals surface area contributed by atoms with Crippen molar-refractivity contribution < 1.29 is 4.74 Å². The third kappa shape index (κ3) is 2.12. The van der Waals surface area contributed by atoms with Crippen molar-refractivity contribution in [3.05, 3.63) is 24.0 Å². The third-order valence-electron chi connectivity index (χ3n) is 5.74. The van der Waals surface area contributed by atoms with Crippen molar-refractivity contribution >= 4 is 0 Å². The highest BCUT2D eigenvalue weighted by molar-refractivity contribution is 5.26. The zero-order chi connectivity index (χ0) is 13.6. The zero-order valence-electron chi connectivity index (χ0n) is 12.1. The Bertz CT molecular complexity index is 464. The molecule has 108 valence electrons. The molecule has 0 aliphatic heterocycles. The van der Waals surface area contributed by atoms with Gasteiger partial charge in [-0.15, -0.1) is 0 Å². The first kappa shape index (κ1) is 12.6. The van der Waals surface area contributed by atoms with E-state index in [2.05, 4.69) is 4.98 Å². The number of hydrogen-bond donors (Lipinski definition) is 1. The van der Waals surface area contributed by atoms with Crippen molar-refractivity contribution in [2.45, 2.75) is 45.1 Å². The third-order valence-corrected chi connectivity index (χ3v) is 5.74. The van der Waals surface area contributed by atoms with E-state index in [0.29, 0.717) is 12.0 Å². The summed E-state index contributed by atoms with van der Waals surface area (Å²) in [5.74, 6) is 3.83. The SMILES string of the molecule is NCc1ncccc1OCC12CC3CC(CC(C3)C1)C2. The van der Waals surface area contributed by atoms with Crippen LogP contribution in [0.5, 0.6) is 5.75 Å². The van der Waals surface area contributed by atoms with Gasteiger partial charge in [-0.2, -0.15) is 0 Å². The molecule has 2 N–H and O–H groups in total. The Balaban J connectivity index is 1.49. The Morgan fingerprint density at radius 1 is 1.15 bits per heavy atom. The number of nitrogens with two attached hydrogens (primary N) is 1. The molecular weight excluding hydrogens is 248 g/mol. The molecule has 0 spiro atoms. The Morgan fingerprint density at radius 3 is 2.40 bits per heavy atom. The van der Waals surface area contributed by atoms with Crippen molar-refractivity contribution in [2.75, 3.05) is 6.61 Å². The minimum atomic E-state index is 0.455. The summed E-state index contributed by atoms with van der Waals surface area (Å²) in [6.07, 6.45) is 10.4. The second-order valence-electron chi connectivity index (χ2n) is 7.36. The molecular formula is C17H24N2O. The van der Waals surface area contributed by atoms with Crippen LogP contribution < -0.4 is 10.5 Å². The van der Waals surface area contributed by atoms with E-state index in [4.69, 9.17) is 10.5 Å². The highest BCUT2D eigenvalue weighted by Crippen LogP contribution is 2.60. The number of nitrogens with zero attached hydrogens (tertiary/aromatic N) is 1. The summed E-state index contributed by atoms with van der Waals surface area (Å²) in [5, 5.41) is 0. The Hall–Kier alpha value is -1.09. The average molecular weight is 272 g/mol. The standard InChI is InChI=1S/C17H24N2O/c18-10-15-16(2-1-3-19-15)20-11-17-7-12-4-13(8-17)6-14(5-12)9-17/h1-3,12-14H,4-11,18H2. The number of rotatable bonds is 4. The first-order valence-corrected chi connectivity index (χ1v) is 8.03. The normalized spacial score (nSPS) is 38.1. The molecule has 4 fully saturated rings. The summed E-state index contributed by atoms with van der Waals surface area (Å²) in [4.78, 5) is 4.31. The van der Waals surface area contributed by atoms with Crippen LogP contribution in [-0.2, 0) is 6.54 Å². The van der Waals surface area contributed by atoms with Crippen LogP contribution in [0.4, 0.5) is 0 Å². The number of pyridine rings is 1. The van der Waals surface area contributed by atoms with Gasteiger partial charge in [-0.1, -0.05) is 0 Å². The molecule has 20 heavy (non-hydrogen) atoms. The predicted molar refractivity (Wildman–Crippen MR) is 78.2 cm³/mol. The molecule has 4 aliphatic rings. The molecule has 0 unspecified atom stereocenters. The molecule has 0 radical (unpaired) electrons. The molecule has 0 aromatic carbocycles. The van der Waals surface area contributed by atoms with Gasteiger partial charge in [0.15, 0.2) is 0 Å². The van der Waals surface area contributed by atoms with Gasteiger partial charge in [-0.05, 0) is 68.4 Å². The van der Waals surface area contributed by atoms with Crippen LogP contribution in [0.3, 0.4) is 0 Å². The van der Waals surface area contributed by atoms with Crippen LogP contribution in [0.15, 0.2) is 18.3 Å². The number of hydrogen-bond acceptors (Lipinski definition) is 3. The van der Waals surface area contributed by atoms with Crippen molar-refractivity contribution in [2.24, 2.45) is 28.9 Å². The van der Waals surface area contributed by atoms with Gasteiger partial charge in [-0.3, -0.25) is 4.98 Å². The van der Waals surface area contributed by atoms with E-state index in [1.54, 1.807) is 6.20 Å². The van der Waals surface area contributed by atoms with Gasteiger partial charge >= 0.3 is 0 Å². The van der Waals surface area contributed by atoms with Gasteiger partial charge < -0.3 is 10.5 Å². The molecule has 4 saturated carbocycles. The van der Waals surface area contributed by atoms with E-state index in [-0.39, 0.29) is 0 Å². The molecule has 0 amide bonds. The predicted octanol–water partition coefficient (Wildman–Crippen LogP) is 3.14. The topological polar surface area (TPSA) is 48.1 Å². The van der Waals surface area contributed by atoms with Gasteiger partial charge in [0.25, 0.3) is 0 Å². The molecule has 0 saturated heterocycles. The average Bonchev–Trinajstić information content (AvgIpc) is 2.44. The molecule has 3 heteroatoms. The van der Waals surface area contributed by atoms with Gasteiger partial charge in [0.2, 0.25) is 0 Å². The van der Waals surface area contributed by atoms with E-state index in [1.807, 2.05) is 12.1 Å². The first-order chi connectivity index (χ1) is 9.76. The molecule has 3 nitrogen and oxygen atoms in total. The van der Waals surface area contributed by atoms with Gasteiger partial charge in [0.05, 0.1) is 12.3 Å². The lowest BCUT2D eigenvalue weighted by Gasteiger charge is -2.56. The minimum Gasteiger partial charge on any atom is -0.491 e. The molecule has 1 aromatic heterocycles. The van der Waals surface area contributed by atoms with E-state index in [9.17, 15) is 0 Å². The quantitative estimate of drug-likeness (QED) is 0.916. The minimum absolute atomic E-state index is 0.455. The lowest BCUT2D eigenvalue weighted by Crippen LogP contribution is -2.48. The first-order valence-electron chi connectivity index (χ1n) is 8.03. The summed E-state index contributed by atoms with van der Waals surface area (Å²) < 4.78 is 6.17. The van der Waals surface area contributed by atoms with Crippen molar-refractivity contribution in [1.82, 2.24) is 4.98 Å². The maximum Gasteiger partial charge on any atom is 0.142 e. The van der Waals surface area contributed by atoms with Crippen molar-refractivity contribution in [1.29, 1.82) is 0 Å². The van der Waals surface area contributed by atoms with Crippen LogP contribution in [0.1, 0.15) is 44.2 Å². The van der Waals surface area contributed by atoms with E-state index in [1.165, 1.54) is 38.5 Å². The fourth-order valence-electron chi connectivity index (χ4n) is 5.41. The van der Waals surface area contributed by atoms with Crippen molar-refractivity contribution in [3.63, 3.8) is 0 Å². The molecule has 4 aliphatic carbocycles. The van der Waals surface area contributed by atoms with E-state index >= 15 is 0 Å². The Kier molecular flexibility index (Phi) is 2.99. The Morgan fingerprint density at radius 2 is 1.80 bits per heavy atom. The van der Waals surface area contributed by atoms with Crippen LogP contribution in [-0.4, -0.2) is 11.6 Å². The molecule has 1 heterocycles. The lowest BCUT2D eigenvalue weighted by atomic mass is 9.50. The summed E-state index contributed by atoms with van der Waals surface area (Å²) in [6, 6.07) is 3.95. The second-order valence-corrected chi connectivity index (χ2v) is 7.36. The highest BCUT2D eigenvalue weighted by atomic mass is 16.5. The maximum absolute atomic E-state index is 6.17. The maximum atomic E-state index is 6.17. The Labute approximate surface area is 120 Å². The van der Waals surface area contributed by atoms with Gasteiger partial charge in [-0.25, -0.2) is 0 Å². The number of ether oxygens (including phenoxy) is 1.